The van der Waals surface area contributed by atoms with E-state index < -0.39 is 5.97 Å². The Morgan fingerprint density at radius 3 is 2.76 bits per heavy atom. The Morgan fingerprint density at radius 2 is 2.35 bits per heavy atom. The molecule has 4 nitrogen and oxygen atoms in total. The van der Waals surface area contributed by atoms with Crippen LogP contribution in [0, 0.1) is 6.92 Å². The van der Waals surface area contributed by atoms with Crippen molar-refractivity contribution >= 4 is 11.5 Å². The van der Waals surface area contributed by atoms with E-state index in [1.807, 2.05) is 6.92 Å². The van der Waals surface area contributed by atoms with Crippen molar-refractivity contribution in [2.45, 2.75) is 20.3 Å². The summed E-state index contributed by atoms with van der Waals surface area (Å²) in [6.45, 7) is 7.28. The Hall–Kier alpha value is -2.10. The fraction of sp³-hybridized carbons (Fsp3) is 0.231. The fourth-order valence-corrected chi connectivity index (χ4v) is 1.31. The largest absolute Gasteiger partial charge is 0.481 e. The van der Waals surface area contributed by atoms with Crippen LogP contribution in [-0.2, 0) is 4.79 Å². The van der Waals surface area contributed by atoms with E-state index in [9.17, 15) is 4.79 Å². The number of hydrogen-bond acceptors (Lipinski definition) is 3. The van der Waals surface area contributed by atoms with Gasteiger partial charge < -0.3 is 9.52 Å². The van der Waals surface area contributed by atoms with Gasteiger partial charge in [0.2, 0.25) is 5.89 Å². The summed E-state index contributed by atoms with van der Waals surface area (Å²) in [5, 5.41) is 8.74. The van der Waals surface area contributed by atoms with E-state index in [4.69, 9.17) is 9.52 Å². The molecule has 1 rings (SSSR count). The van der Waals surface area contributed by atoms with E-state index in [1.54, 1.807) is 31.4 Å². The highest BCUT2D eigenvalue weighted by molar-refractivity contribution is 5.75. The summed E-state index contributed by atoms with van der Waals surface area (Å²) in [4.78, 5) is 14.8. The smallest absolute Gasteiger partial charge is 0.307 e. The standard InChI is InChI=1S/C13H15NO3/c1-4-10(7-12(15)16)6-11(5-2)13-14-9(3)8-17-13/h4-6,8H,2,7H2,1,3H3,(H,15,16)/b10-4+,11-6+. The molecular weight excluding hydrogens is 218 g/mol. The molecule has 0 aliphatic rings. The topological polar surface area (TPSA) is 63.3 Å². The molecule has 1 heterocycles. The van der Waals surface area contributed by atoms with Crippen LogP contribution in [0.25, 0.3) is 5.57 Å². The van der Waals surface area contributed by atoms with Crippen LogP contribution in [0.5, 0.6) is 0 Å². The molecule has 0 saturated heterocycles. The normalized spacial score (nSPS) is 12.6. The van der Waals surface area contributed by atoms with Crippen LogP contribution in [0.2, 0.25) is 0 Å². The van der Waals surface area contributed by atoms with E-state index in [-0.39, 0.29) is 6.42 Å². The Labute approximate surface area is 100.0 Å². The molecule has 0 atom stereocenters. The lowest BCUT2D eigenvalue weighted by Gasteiger charge is -1.99. The number of aromatic nitrogens is 1. The first-order valence-electron chi connectivity index (χ1n) is 5.20. The Balaban J connectivity index is 3.01. The van der Waals surface area contributed by atoms with Crippen molar-refractivity contribution in [3.63, 3.8) is 0 Å². The molecule has 0 aliphatic heterocycles. The van der Waals surface area contributed by atoms with Gasteiger partial charge in [0.15, 0.2) is 0 Å². The van der Waals surface area contributed by atoms with Gasteiger partial charge in [-0.15, -0.1) is 0 Å². The van der Waals surface area contributed by atoms with Crippen LogP contribution in [-0.4, -0.2) is 16.1 Å². The fourth-order valence-electron chi connectivity index (χ4n) is 1.31. The molecule has 0 amide bonds. The second-order valence-electron chi connectivity index (χ2n) is 3.53. The van der Waals surface area contributed by atoms with Crippen LogP contribution >= 0.6 is 0 Å². The number of carboxylic acids is 1. The number of rotatable bonds is 5. The number of aryl methyl sites for hydroxylation is 1. The first kappa shape index (κ1) is 13.0. The number of hydrogen-bond donors (Lipinski definition) is 1. The third-order valence-electron chi connectivity index (χ3n) is 2.15. The summed E-state index contributed by atoms with van der Waals surface area (Å²) in [7, 11) is 0. The van der Waals surface area contributed by atoms with E-state index in [0.717, 1.165) is 5.69 Å². The lowest BCUT2D eigenvalue weighted by atomic mass is 10.1. The second-order valence-corrected chi connectivity index (χ2v) is 3.53. The molecule has 1 aromatic rings. The zero-order chi connectivity index (χ0) is 12.8. The summed E-state index contributed by atoms with van der Waals surface area (Å²) in [6.07, 6.45) is 6.56. The molecular formula is C13H15NO3. The maximum absolute atomic E-state index is 10.6. The number of nitrogens with zero attached hydrogens (tertiary/aromatic N) is 1. The van der Waals surface area contributed by atoms with Crippen molar-refractivity contribution < 1.29 is 14.3 Å². The number of aliphatic carboxylic acids is 1. The predicted octanol–water partition coefficient (Wildman–Crippen LogP) is 2.97. The molecule has 0 saturated carbocycles. The summed E-state index contributed by atoms with van der Waals surface area (Å²) in [6, 6.07) is 0. The maximum atomic E-state index is 10.6. The minimum atomic E-state index is -0.874. The molecule has 0 aromatic carbocycles. The monoisotopic (exact) mass is 233 g/mol. The summed E-state index contributed by atoms with van der Waals surface area (Å²) in [5.74, 6) is -0.427. The summed E-state index contributed by atoms with van der Waals surface area (Å²) >= 11 is 0. The van der Waals surface area contributed by atoms with E-state index in [0.29, 0.717) is 17.0 Å². The third kappa shape index (κ3) is 3.75. The van der Waals surface area contributed by atoms with Gasteiger partial charge >= 0.3 is 5.97 Å². The van der Waals surface area contributed by atoms with Crippen molar-refractivity contribution in [3.8, 4) is 0 Å². The zero-order valence-electron chi connectivity index (χ0n) is 9.93. The molecule has 0 spiro atoms. The van der Waals surface area contributed by atoms with Crippen LogP contribution < -0.4 is 0 Å². The lowest BCUT2D eigenvalue weighted by Crippen LogP contribution is -1.96. The quantitative estimate of drug-likeness (QED) is 0.794. The lowest BCUT2D eigenvalue weighted by molar-refractivity contribution is -0.136. The Kier molecular flexibility index (Phi) is 4.46. The number of carboxylic acid groups (broad SMARTS) is 1. The molecule has 0 unspecified atom stereocenters. The maximum Gasteiger partial charge on any atom is 0.307 e. The van der Waals surface area contributed by atoms with Crippen LogP contribution in [0.3, 0.4) is 0 Å². The molecule has 0 radical (unpaired) electrons. The van der Waals surface area contributed by atoms with Gasteiger partial charge in [0.05, 0.1) is 12.1 Å². The Bertz CT molecular complexity index is 481. The van der Waals surface area contributed by atoms with Crippen molar-refractivity contribution in [2.24, 2.45) is 0 Å². The van der Waals surface area contributed by atoms with Crippen molar-refractivity contribution in [2.75, 3.05) is 0 Å². The van der Waals surface area contributed by atoms with E-state index >= 15 is 0 Å². The number of carbonyl (C=O) groups is 1. The SMILES string of the molecule is C=C/C(=C\C(=C/C)CC(=O)O)c1nc(C)co1. The van der Waals surface area contributed by atoms with Gasteiger partial charge in [0.25, 0.3) is 0 Å². The van der Waals surface area contributed by atoms with Crippen molar-refractivity contribution in [1.82, 2.24) is 4.98 Å². The van der Waals surface area contributed by atoms with Gasteiger partial charge in [-0.05, 0) is 25.5 Å². The molecule has 0 aliphatic carbocycles. The van der Waals surface area contributed by atoms with Crippen LogP contribution in [0.1, 0.15) is 24.9 Å². The van der Waals surface area contributed by atoms with E-state index in [1.165, 1.54) is 0 Å². The molecule has 0 fully saturated rings. The van der Waals surface area contributed by atoms with Crippen molar-refractivity contribution in [1.29, 1.82) is 0 Å². The highest BCUT2D eigenvalue weighted by Gasteiger charge is 2.07. The average Bonchev–Trinajstić information content (AvgIpc) is 2.70. The van der Waals surface area contributed by atoms with Crippen molar-refractivity contribution in [3.05, 3.63) is 48.2 Å². The predicted molar refractivity (Wildman–Crippen MR) is 65.4 cm³/mol. The summed E-state index contributed by atoms with van der Waals surface area (Å²) in [5.41, 5.74) is 2.13. The molecule has 4 heteroatoms. The van der Waals surface area contributed by atoms with Gasteiger partial charge in [-0.3, -0.25) is 4.79 Å². The van der Waals surface area contributed by atoms with Gasteiger partial charge in [-0.2, -0.15) is 0 Å². The third-order valence-corrected chi connectivity index (χ3v) is 2.15. The first-order chi connectivity index (χ1) is 8.06. The van der Waals surface area contributed by atoms with E-state index in [2.05, 4.69) is 11.6 Å². The van der Waals surface area contributed by atoms with Crippen LogP contribution in [0.4, 0.5) is 0 Å². The molecule has 0 bridgehead atoms. The zero-order valence-corrected chi connectivity index (χ0v) is 9.93. The van der Waals surface area contributed by atoms with Gasteiger partial charge in [0.1, 0.15) is 6.26 Å². The highest BCUT2D eigenvalue weighted by Crippen LogP contribution is 2.18. The first-order valence-corrected chi connectivity index (χ1v) is 5.20. The number of oxazole rings is 1. The molecule has 1 N–H and O–H groups in total. The van der Waals surface area contributed by atoms with Gasteiger partial charge in [-0.25, -0.2) is 4.98 Å². The molecule has 17 heavy (non-hydrogen) atoms. The minimum absolute atomic E-state index is 0.0342. The van der Waals surface area contributed by atoms with Gasteiger partial charge in [-0.1, -0.05) is 18.7 Å². The number of allylic oxidation sites excluding steroid dienone is 4. The minimum Gasteiger partial charge on any atom is -0.481 e. The second kappa shape index (κ2) is 5.84. The molecule has 1 aromatic heterocycles. The average molecular weight is 233 g/mol. The summed E-state index contributed by atoms with van der Waals surface area (Å²) < 4.78 is 5.24. The Morgan fingerprint density at radius 1 is 1.65 bits per heavy atom. The molecule has 90 valence electrons. The van der Waals surface area contributed by atoms with Gasteiger partial charge in [0, 0.05) is 5.57 Å². The van der Waals surface area contributed by atoms with Crippen LogP contribution in [0.15, 0.2) is 41.1 Å². The highest BCUT2D eigenvalue weighted by atomic mass is 16.4.